The van der Waals surface area contributed by atoms with Gasteiger partial charge in [-0.05, 0) is 19.1 Å². The topological polar surface area (TPSA) is 17.1 Å². The van der Waals surface area contributed by atoms with E-state index in [0.29, 0.717) is 6.07 Å². The molecule has 1 aromatic carbocycles. The molecule has 0 amide bonds. The molecule has 0 aliphatic carbocycles. The van der Waals surface area contributed by atoms with E-state index in [1.165, 1.54) is 0 Å². The van der Waals surface area contributed by atoms with Crippen LogP contribution in [0.2, 0.25) is 5.02 Å². The number of hydrogen-bond acceptors (Lipinski definition) is 1. The molecule has 0 N–H and O–H groups in total. The van der Waals surface area contributed by atoms with Crippen LogP contribution in [-0.2, 0) is 0 Å². The summed E-state index contributed by atoms with van der Waals surface area (Å²) in [6, 6.07) is 1.50. The second-order valence-corrected chi connectivity index (χ2v) is 3.12. The van der Waals surface area contributed by atoms with E-state index in [0.717, 1.165) is 13.0 Å². The van der Waals surface area contributed by atoms with Gasteiger partial charge in [0.25, 0.3) is 6.43 Å². The van der Waals surface area contributed by atoms with Crippen molar-refractivity contribution in [3.8, 4) is 0 Å². The first-order chi connectivity index (χ1) is 6.43. The molecule has 76 valence electrons. The SMILES string of the molecule is CC(=O)c1cc(Cl)c(C(F)F)cc1F. The third kappa shape index (κ3) is 2.07. The maximum absolute atomic E-state index is 13.0. The Morgan fingerprint density at radius 3 is 2.43 bits per heavy atom. The van der Waals surface area contributed by atoms with Crippen LogP contribution in [0.5, 0.6) is 0 Å². The Morgan fingerprint density at radius 2 is 2.00 bits per heavy atom. The molecule has 0 saturated carbocycles. The van der Waals surface area contributed by atoms with Crippen LogP contribution < -0.4 is 0 Å². The molecule has 0 atom stereocenters. The highest BCUT2D eigenvalue weighted by molar-refractivity contribution is 6.31. The van der Waals surface area contributed by atoms with E-state index < -0.39 is 23.6 Å². The molecule has 5 heteroatoms. The monoisotopic (exact) mass is 222 g/mol. The predicted octanol–water partition coefficient (Wildman–Crippen LogP) is 3.62. The van der Waals surface area contributed by atoms with E-state index >= 15 is 0 Å². The molecule has 0 heterocycles. The minimum absolute atomic E-state index is 0.278. The van der Waals surface area contributed by atoms with Gasteiger partial charge in [-0.1, -0.05) is 11.6 Å². The first-order valence-electron chi connectivity index (χ1n) is 3.71. The van der Waals surface area contributed by atoms with Crippen molar-refractivity contribution < 1.29 is 18.0 Å². The smallest absolute Gasteiger partial charge is 0.265 e. The van der Waals surface area contributed by atoms with Gasteiger partial charge in [0.2, 0.25) is 0 Å². The molecule has 1 nitrogen and oxygen atoms in total. The third-order valence-electron chi connectivity index (χ3n) is 1.70. The van der Waals surface area contributed by atoms with Crippen LogP contribution in [0.3, 0.4) is 0 Å². The normalized spacial score (nSPS) is 10.7. The van der Waals surface area contributed by atoms with Crippen molar-refractivity contribution in [1.82, 2.24) is 0 Å². The van der Waals surface area contributed by atoms with Gasteiger partial charge in [0.1, 0.15) is 5.82 Å². The lowest BCUT2D eigenvalue weighted by molar-refractivity contribution is 0.101. The molecule has 1 rings (SSSR count). The molecule has 0 aliphatic rings. The number of ketones is 1. The van der Waals surface area contributed by atoms with E-state index in [1.54, 1.807) is 0 Å². The Labute approximate surface area is 83.5 Å². The Bertz CT molecular complexity index is 377. The number of halogens is 4. The van der Waals surface area contributed by atoms with Crippen LogP contribution in [0, 0.1) is 5.82 Å². The second kappa shape index (κ2) is 4.00. The summed E-state index contributed by atoms with van der Waals surface area (Å²) in [6.07, 6.45) is -2.85. The molecule has 0 radical (unpaired) electrons. The van der Waals surface area contributed by atoms with Crippen molar-refractivity contribution in [2.24, 2.45) is 0 Å². The average Bonchev–Trinajstić information content (AvgIpc) is 2.07. The first-order valence-corrected chi connectivity index (χ1v) is 4.09. The largest absolute Gasteiger partial charge is 0.294 e. The van der Waals surface area contributed by atoms with Crippen molar-refractivity contribution in [2.75, 3.05) is 0 Å². The summed E-state index contributed by atoms with van der Waals surface area (Å²) < 4.78 is 37.4. The van der Waals surface area contributed by atoms with Crippen molar-refractivity contribution in [1.29, 1.82) is 0 Å². The number of rotatable bonds is 2. The Balaban J connectivity index is 3.31. The number of carbonyl (C=O) groups is 1. The van der Waals surface area contributed by atoms with E-state index in [4.69, 9.17) is 11.6 Å². The summed E-state index contributed by atoms with van der Waals surface area (Å²) in [7, 11) is 0. The van der Waals surface area contributed by atoms with Crippen molar-refractivity contribution in [2.45, 2.75) is 13.3 Å². The minimum atomic E-state index is -2.85. The highest BCUT2D eigenvalue weighted by Crippen LogP contribution is 2.29. The molecule has 0 fully saturated rings. The molecule has 0 aromatic heterocycles. The molecule has 0 saturated heterocycles. The van der Waals surface area contributed by atoms with Gasteiger partial charge in [0, 0.05) is 5.56 Å². The van der Waals surface area contributed by atoms with Crippen LogP contribution in [0.15, 0.2) is 12.1 Å². The number of carbonyl (C=O) groups excluding carboxylic acids is 1. The summed E-state index contributed by atoms with van der Waals surface area (Å²) in [5.74, 6) is -1.53. The standard InChI is InChI=1S/C9H6ClF3O/c1-4(14)5-2-7(10)6(9(12)13)3-8(5)11/h2-3,9H,1H3. The van der Waals surface area contributed by atoms with E-state index in [-0.39, 0.29) is 10.6 Å². The lowest BCUT2D eigenvalue weighted by Gasteiger charge is -2.05. The van der Waals surface area contributed by atoms with Gasteiger partial charge < -0.3 is 0 Å². The lowest BCUT2D eigenvalue weighted by atomic mass is 10.1. The zero-order chi connectivity index (χ0) is 10.9. The number of hydrogen-bond donors (Lipinski definition) is 0. The molecule has 0 aliphatic heterocycles. The summed E-state index contributed by atoms with van der Waals surface area (Å²) in [6.45, 7) is 1.14. The molecule has 0 spiro atoms. The highest BCUT2D eigenvalue weighted by Gasteiger charge is 2.17. The Kier molecular flexibility index (Phi) is 3.16. The van der Waals surface area contributed by atoms with Crippen molar-refractivity contribution in [3.05, 3.63) is 34.1 Å². The van der Waals surface area contributed by atoms with Gasteiger partial charge in [-0.3, -0.25) is 4.79 Å². The summed E-state index contributed by atoms with van der Waals surface area (Å²) in [5.41, 5.74) is -0.881. The molecular weight excluding hydrogens is 217 g/mol. The quantitative estimate of drug-likeness (QED) is 0.699. The van der Waals surface area contributed by atoms with Gasteiger partial charge in [-0.2, -0.15) is 0 Å². The van der Waals surface area contributed by atoms with Crippen LogP contribution in [0.1, 0.15) is 29.3 Å². The van der Waals surface area contributed by atoms with Gasteiger partial charge >= 0.3 is 0 Å². The highest BCUT2D eigenvalue weighted by atomic mass is 35.5. The predicted molar refractivity (Wildman–Crippen MR) is 46.4 cm³/mol. The van der Waals surface area contributed by atoms with Crippen LogP contribution in [0.4, 0.5) is 13.2 Å². The zero-order valence-corrected chi connectivity index (χ0v) is 7.91. The summed E-state index contributed by atoms with van der Waals surface area (Å²) in [5, 5.41) is -0.299. The molecule has 14 heavy (non-hydrogen) atoms. The maximum Gasteiger partial charge on any atom is 0.265 e. The maximum atomic E-state index is 13.0. The van der Waals surface area contributed by atoms with Gasteiger partial charge in [-0.25, -0.2) is 13.2 Å². The Morgan fingerprint density at radius 1 is 1.43 bits per heavy atom. The van der Waals surface area contributed by atoms with Crippen LogP contribution in [-0.4, -0.2) is 5.78 Å². The Hall–Kier alpha value is -1.03. The van der Waals surface area contributed by atoms with Gasteiger partial charge in [-0.15, -0.1) is 0 Å². The zero-order valence-electron chi connectivity index (χ0n) is 7.15. The van der Waals surface area contributed by atoms with Crippen molar-refractivity contribution in [3.63, 3.8) is 0 Å². The average molecular weight is 223 g/mol. The lowest BCUT2D eigenvalue weighted by Crippen LogP contribution is -1.99. The minimum Gasteiger partial charge on any atom is -0.294 e. The summed E-state index contributed by atoms with van der Waals surface area (Å²) in [4.78, 5) is 10.8. The number of Topliss-reactive ketones (excluding diaryl/α,β-unsaturated/α-hetero) is 1. The van der Waals surface area contributed by atoms with Crippen LogP contribution in [0.25, 0.3) is 0 Å². The number of benzene rings is 1. The third-order valence-corrected chi connectivity index (χ3v) is 2.03. The van der Waals surface area contributed by atoms with E-state index in [1.807, 2.05) is 0 Å². The molecule has 1 aromatic rings. The van der Waals surface area contributed by atoms with Gasteiger partial charge in [0.15, 0.2) is 5.78 Å². The van der Waals surface area contributed by atoms with E-state index in [9.17, 15) is 18.0 Å². The second-order valence-electron chi connectivity index (χ2n) is 2.71. The first kappa shape index (κ1) is 11.0. The van der Waals surface area contributed by atoms with Crippen molar-refractivity contribution >= 4 is 17.4 Å². The fourth-order valence-corrected chi connectivity index (χ4v) is 1.25. The van der Waals surface area contributed by atoms with E-state index in [2.05, 4.69) is 0 Å². The number of alkyl halides is 2. The summed E-state index contributed by atoms with van der Waals surface area (Å²) >= 11 is 5.44. The fourth-order valence-electron chi connectivity index (χ4n) is 0.999. The van der Waals surface area contributed by atoms with Gasteiger partial charge in [0.05, 0.1) is 10.6 Å². The molecular formula is C9H6ClF3O. The molecule has 0 bridgehead atoms. The van der Waals surface area contributed by atoms with Crippen LogP contribution >= 0.6 is 11.6 Å². The molecule has 0 unspecified atom stereocenters. The fraction of sp³-hybridized carbons (Fsp3) is 0.222.